The number of hydrogen-bond donors (Lipinski definition) is 3. The Bertz CT molecular complexity index is 1780. The van der Waals surface area contributed by atoms with Gasteiger partial charge in [-0.1, -0.05) is 54.8 Å². The van der Waals surface area contributed by atoms with E-state index < -0.39 is 65.1 Å². The number of benzene rings is 2. The smallest absolute Gasteiger partial charge is 0.410 e. The number of alkyl carbamates (subject to hydrolysis) is 1. The maximum atomic E-state index is 14.4. The van der Waals surface area contributed by atoms with Gasteiger partial charge in [0, 0.05) is 35.5 Å². The summed E-state index contributed by atoms with van der Waals surface area (Å²) in [7, 11) is 0. The van der Waals surface area contributed by atoms with E-state index in [4.69, 9.17) is 25.9 Å². The van der Waals surface area contributed by atoms with Crippen LogP contribution in [0, 0.1) is 11.7 Å². The molecule has 3 heterocycles. The number of allylic oxidation sites excluding steroid dienone is 1. The van der Waals surface area contributed by atoms with Crippen LogP contribution in [0.25, 0.3) is 0 Å². The molecule has 2 fully saturated rings. The number of fused-ring (bicyclic) bond motifs is 3. The van der Waals surface area contributed by atoms with E-state index in [9.17, 15) is 28.4 Å². The van der Waals surface area contributed by atoms with Crippen LogP contribution in [-0.2, 0) is 36.9 Å². The number of hydroxylamine groups is 1. The zero-order valence-corrected chi connectivity index (χ0v) is 30.7. The van der Waals surface area contributed by atoms with Crippen molar-refractivity contribution in [3.63, 3.8) is 0 Å². The largest absolute Gasteiger partial charge is 0.444 e. The SMILES string of the molecule is CC(C)(C)OC(=O)N[C@H]1CCCCC/C=C\[C@@H]2C[C@@]2(C(=O)NOc2cccc(Cl)c2)NC(=O)[C@@H]2C[C@@H](OC(=O)N3Cc4cccc(F)c4C3)CN2C1=O. The van der Waals surface area contributed by atoms with Gasteiger partial charge in [0.1, 0.15) is 35.1 Å². The Labute approximate surface area is 312 Å². The fourth-order valence-electron chi connectivity index (χ4n) is 7.07. The molecule has 0 unspecified atom stereocenters. The Balaban J connectivity index is 1.24. The third-order valence-corrected chi connectivity index (χ3v) is 10.1. The van der Waals surface area contributed by atoms with Crippen molar-refractivity contribution in [1.82, 2.24) is 25.9 Å². The summed E-state index contributed by atoms with van der Waals surface area (Å²) < 4.78 is 25.7. The number of nitrogens with zero attached hydrogens (tertiary/aromatic N) is 2. The lowest BCUT2D eigenvalue weighted by molar-refractivity contribution is -0.142. The molecule has 15 heteroatoms. The summed E-state index contributed by atoms with van der Waals surface area (Å²) in [5.41, 5.74) is 1.32. The topological polar surface area (TPSA) is 156 Å². The number of halogens is 2. The molecular weight excluding hydrogens is 709 g/mol. The second kappa shape index (κ2) is 15.6. The minimum atomic E-state index is -1.38. The van der Waals surface area contributed by atoms with Crippen molar-refractivity contribution >= 4 is 41.5 Å². The second-order valence-electron chi connectivity index (χ2n) is 15.0. The van der Waals surface area contributed by atoms with Gasteiger partial charge in [0.05, 0.1) is 13.1 Å². The molecule has 3 aliphatic heterocycles. The quantitative estimate of drug-likeness (QED) is 0.275. The average Bonchev–Trinajstić information content (AvgIpc) is 3.39. The predicted molar refractivity (Wildman–Crippen MR) is 191 cm³/mol. The van der Waals surface area contributed by atoms with E-state index in [-0.39, 0.29) is 44.8 Å². The van der Waals surface area contributed by atoms with Crippen molar-refractivity contribution in [2.45, 2.75) is 108 Å². The van der Waals surface area contributed by atoms with E-state index in [1.165, 1.54) is 21.9 Å². The molecule has 4 aliphatic rings. The van der Waals surface area contributed by atoms with E-state index in [1.54, 1.807) is 51.1 Å². The van der Waals surface area contributed by atoms with E-state index in [1.807, 2.05) is 12.2 Å². The third kappa shape index (κ3) is 9.03. The highest BCUT2D eigenvalue weighted by atomic mass is 35.5. The van der Waals surface area contributed by atoms with Gasteiger partial charge in [-0.2, -0.15) is 5.48 Å². The summed E-state index contributed by atoms with van der Waals surface area (Å²) in [6.07, 6.45) is 4.85. The normalized spacial score (nSPS) is 26.4. The zero-order valence-electron chi connectivity index (χ0n) is 30.0. The molecule has 13 nitrogen and oxygen atoms in total. The first-order chi connectivity index (χ1) is 25.2. The fraction of sp³-hybridized carbons (Fsp3) is 0.500. The monoisotopic (exact) mass is 753 g/mol. The van der Waals surface area contributed by atoms with Crippen LogP contribution in [0.3, 0.4) is 0 Å². The Hall–Kier alpha value is -4.85. The molecule has 6 rings (SSSR count). The molecular formula is C38H45ClFN5O8. The molecule has 53 heavy (non-hydrogen) atoms. The maximum absolute atomic E-state index is 14.4. The number of amides is 5. The van der Waals surface area contributed by atoms with Crippen LogP contribution in [0.2, 0.25) is 5.02 Å². The first-order valence-electron chi connectivity index (χ1n) is 18.0. The van der Waals surface area contributed by atoms with Gasteiger partial charge in [0.25, 0.3) is 5.91 Å². The molecule has 2 aromatic carbocycles. The minimum Gasteiger partial charge on any atom is -0.444 e. The molecule has 0 bridgehead atoms. The summed E-state index contributed by atoms with van der Waals surface area (Å²) in [5, 5.41) is 6.01. The fourth-order valence-corrected chi connectivity index (χ4v) is 7.25. The molecule has 3 N–H and O–H groups in total. The van der Waals surface area contributed by atoms with Crippen molar-refractivity contribution in [3.8, 4) is 5.75 Å². The molecule has 1 saturated carbocycles. The molecule has 2 aromatic rings. The summed E-state index contributed by atoms with van der Waals surface area (Å²) in [6.45, 7) is 5.15. The highest BCUT2D eigenvalue weighted by molar-refractivity contribution is 6.30. The zero-order chi connectivity index (χ0) is 37.9. The summed E-state index contributed by atoms with van der Waals surface area (Å²) >= 11 is 6.07. The maximum Gasteiger partial charge on any atom is 0.410 e. The second-order valence-corrected chi connectivity index (χ2v) is 15.4. The van der Waals surface area contributed by atoms with Crippen molar-refractivity contribution in [1.29, 1.82) is 0 Å². The molecule has 284 valence electrons. The summed E-state index contributed by atoms with van der Waals surface area (Å²) in [6, 6.07) is 8.92. The predicted octanol–water partition coefficient (Wildman–Crippen LogP) is 5.30. The molecule has 1 saturated heterocycles. The van der Waals surface area contributed by atoms with Gasteiger partial charge in [-0.15, -0.1) is 0 Å². The summed E-state index contributed by atoms with van der Waals surface area (Å²) in [5.74, 6) is -2.24. The number of carbonyl (C=O) groups is 5. The Morgan fingerprint density at radius 1 is 1.06 bits per heavy atom. The molecule has 0 spiro atoms. The van der Waals surface area contributed by atoms with Crippen LogP contribution in [-0.4, -0.2) is 75.6 Å². The van der Waals surface area contributed by atoms with Gasteiger partial charge in [0.15, 0.2) is 5.75 Å². The van der Waals surface area contributed by atoms with Gasteiger partial charge in [-0.3, -0.25) is 19.3 Å². The van der Waals surface area contributed by atoms with Crippen LogP contribution in [0.1, 0.15) is 76.8 Å². The van der Waals surface area contributed by atoms with Crippen molar-refractivity contribution < 1.29 is 42.7 Å². The molecule has 1 aliphatic carbocycles. The first-order valence-corrected chi connectivity index (χ1v) is 18.3. The van der Waals surface area contributed by atoms with Crippen LogP contribution in [0.15, 0.2) is 54.6 Å². The number of carbonyl (C=O) groups excluding carboxylic acids is 5. The Morgan fingerprint density at radius 3 is 2.60 bits per heavy atom. The standard InChI is InChI=1S/C38H45ClFN5O8/c1-37(2,3)52-35(49)41-30-16-8-6-4-5-7-12-24-19-38(24,34(48)43-53-26-14-10-13-25(39)17-26)42-32(46)31-18-27(21-45(31)33(30)47)51-36(50)44-20-23-11-9-15-29(40)28(23)22-44/h7,9-15,17,24,27,30-31H,4-6,8,16,18-22H2,1-3H3,(H,41,49)(H,42,46)(H,43,48)/b12-7-/t24-,27-,30+,31+,38-/m1/s1. The van der Waals surface area contributed by atoms with Gasteiger partial charge >= 0.3 is 12.2 Å². The van der Waals surface area contributed by atoms with E-state index in [0.29, 0.717) is 28.3 Å². The molecule has 5 atom stereocenters. The average molecular weight is 754 g/mol. The van der Waals surface area contributed by atoms with Crippen LogP contribution in [0.4, 0.5) is 14.0 Å². The Kier molecular flexibility index (Phi) is 11.2. The van der Waals surface area contributed by atoms with Crippen molar-refractivity contribution in [2.24, 2.45) is 5.92 Å². The lowest BCUT2D eigenvalue weighted by Gasteiger charge is -2.30. The highest BCUT2D eigenvalue weighted by Crippen LogP contribution is 2.45. The number of rotatable bonds is 5. The molecule has 0 aromatic heterocycles. The first kappa shape index (κ1) is 37.9. The highest BCUT2D eigenvalue weighted by Gasteiger charge is 2.61. The molecule has 0 radical (unpaired) electrons. The van der Waals surface area contributed by atoms with E-state index in [0.717, 1.165) is 19.3 Å². The van der Waals surface area contributed by atoms with Crippen molar-refractivity contribution in [3.05, 3.63) is 76.6 Å². The lowest BCUT2D eigenvalue weighted by atomic mass is 10.0. The van der Waals surface area contributed by atoms with Gasteiger partial charge in [-0.05, 0) is 70.2 Å². The van der Waals surface area contributed by atoms with E-state index in [2.05, 4.69) is 16.1 Å². The van der Waals surface area contributed by atoms with Gasteiger partial charge < -0.3 is 29.8 Å². The minimum absolute atomic E-state index is 0.0196. The number of hydrogen-bond acceptors (Lipinski definition) is 8. The Morgan fingerprint density at radius 2 is 1.85 bits per heavy atom. The number of ether oxygens (including phenoxy) is 2. The lowest BCUT2D eigenvalue weighted by Crippen LogP contribution is -2.58. The van der Waals surface area contributed by atoms with Crippen LogP contribution in [0.5, 0.6) is 5.75 Å². The van der Waals surface area contributed by atoms with Crippen molar-refractivity contribution in [2.75, 3.05) is 6.54 Å². The number of nitrogens with one attached hydrogen (secondary N) is 3. The van der Waals surface area contributed by atoms with Crippen LogP contribution >= 0.6 is 11.6 Å². The van der Waals surface area contributed by atoms with Crippen LogP contribution < -0.4 is 21.0 Å². The molecule has 5 amide bonds. The van der Waals surface area contributed by atoms with Gasteiger partial charge in [0.2, 0.25) is 11.8 Å². The van der Waals surface area contributed by atoms with E-state index >= 15 is 0 Å². The third-order valence-electron chi connectivity index (χ3n) is 9.85. The summed E-state index contributed by atoms with van der Waals surface area (Å²) in [4.78, 5) is 76.8. The van der Waals surface area contributed by atoms with Gasteiger partial charge in [-0.25, -0.2) is 14.0 Å².